The number of hydrogen-bond acceptors (Lipinski definition) is 4. The molecule has 1 rings (SSSR count). The van der Waals surface area contributed by atoms with Gasteiger partial charge in [0, 0.05) is 19.0 Å². The normalized spacial score (nSPS) is 12.8. The topological polar surface area (TPSA) is 63.8 Å². The van der Waals surface area contributed by atoms with Crippen molar-refractivity contribution in [2.45, 2.75) is 40.5 Å². The minimum Gasteiger partial charge on any atom is -0.384 e. The zero-order valence-electron chi connectivity index (χ0n) is 11.3. The standard InChI is InChI=1S/C13H24N4/c1-5-6-12-16-11(14)7-13(17-12)15-8-10(4)9(2)3/h7,9-10H,5-6,8H2,1-4H3,(H3,14,15,16,17). The predicted molar refractivity (Wildman–Crippen MR) is 72.9 cm³/mol. The molecule has 0 spiro atoms. The molecule has 0 saturated carbocycles. The van der Waals surface area contributed by atoms with Gasteiger partial charge in [-0.25, -0.2) is 9.97 Å². The molecule has 0 amide bonds. The van der Waals surface area contributed by atoms with Crippen molar-refractivity contribution in [2.24, 2.45) is 11.8 Å². The lowest BCUT2D eigenvalue weighted by Crippen LogP contribution is -2.17. The van der Waals surface area contributed by atoms with E-state index >= 15 is 0 Å². The number of aryl methyl sites for hydroxylation is 1. The third-order valence-corrected chi connectivity index (χ3v) is 3.01. The highest BCUT2D eigenvalue weighted by molar-refractivity contribution is 5.44. The number of nitrogen functional groups attached to an aromatic ring is 1. The quantitative estimate of drug-likeness (QED) is 0.797. The molecule has 0 aliphatic heterocycles. The summed E-state index contributed by atoms with van der Waals surface area (Å²) in [5.41, 5.74) is 5.76. The van der Waals surface area contributed by atoms with Crippen LogP contribution in [0.15, 0.2) is 6.07 Å². The van der Waals surface area contributed by atoms with Crippen LogP contribution in [0.5, 0.6) is 0 Å². The van der Waals surface area contributed by atoms with E-state index in [2.05, 4.69) is 43.0 Å². The lowest BCUT2D eigenvalue weighted by Gasteiger charge is -2.16. The number of hydrogen-bond donors (Lipinski definition) is 2. The van der Waals surface area contributed by atoms with E-state index in [1.807, 2.05) is 0 Å². The first kappa shape index (κ1) is 13.7. The Labute approximate surface area is 104 Å². The molecule has 1 aromatic rings. The van der Waals surface area contributed by atoms with Crippen LogP contribution in [0.25, 0.3) is 0 Å². The van der Waals surface area contributed by atoms with E-state index in [1.165, 1.54) is 0 Å². The van der Waals surface area contributed by atoms with E-state index in [0.29, 0.717) is 17.7 Å². The van der Waals surface area contributed by atoms with Crippen LogP contribution in [0.4, 0.5) is 11.6 Å². The molecule has 0 aromatic carbocycles. The molecular formula is C13H24N4. The van der Waals surface area contributed by atoms with Gasteiger partial charge in [-0.3, -0.25) is 0 Å². The summed E-state index contributed by atoms with van der Waals surface area (Å²) in [6.07, 6.45) is 1.91. The van der Waals surface area contributed by atoms with Gasteiger partial charge in [0.1, 0.15) is 17.5 Å². The monoisotopic (exact) mass is 236 g/mol. The van der Waals surface area contributed by atoms with E-state index in [1.54, 1.807) is 6.07 Å². The van der Waals surface area contributed by atoms with Crippen LogP contribution < -0.4 is 11.1 Å². The molecule has 4 nitrogen and oxygen atoms in total. The third kappa shape index (κ3) is 4.59. The fourth-order valence-corrected chi connectivity index (χ4v) is 1.44. The van der Waals surface area contributed by atoms with Gasteiger partial charge in [0.05, 0.1) is 0 Å². The summed E-state index contributed by atoms with van der Waals surface area (Å²) in [5, 5.41) is 3.33. The lowest BCUT2D eigenvalue weighted by atomic mass is 9.98. The fourth-order valence-electron chi connectivity index (χ4n) is 1.44. The molecule has 0 radical (unpaired) electrons. The molecule has 0 aliphatic rings. The number of nitrogens with zero attached hydrogens (tertiary/aromatic N) is 2. The van der Waals surface area contributed by atoms with Crippen molar-refractivity contribution >= 4 is 11.6 Å². The first-order valence-corrected chi connectivity index (χ1v) is 6.40. The van der Waals surface area contributed by atoms with Crippen LogP contribution in [0.1, 0.15) is 39.9 Å². The molecule has 0 fully saturated rings. The minimum absolute atomic E-state index is 0.545. The van der Waals surface area contributed by atoms with E-state index in [4.69, 9.17) is 5.73 Å². The molecular weight excluding hydrogens is 212 g/mol. The summed E-state index contributed by atoms with van der Waals surface area (Å²) in [4.78, 5) is 8.66. The molecule has 96 valence electrons. The van der Waals surface area contributed by atoms with Crippen LogP contribution in [0.3, 0.4) is 0 Å². The van der Waals surface area contributed by atoms with Gasteiger partial charge in [-0.15, -0.1) is 0 Å². The summed E-state index contributed by atoms with van der Waals surface area (Å²) in [6, 6.07) is 1.80. The number of anilines is 2. The summed E-state index contributed by atoms with van der Waals surface area (Å²) in [7, 11) is 0. The van der Waals surface area contributed by atoms with Crippen LogP contribution >= 0.6 is 0 Å². The highest BCUT2D eigenvalue weighted by Crippen LogP contribution is 2.13. The SMILES string of the molecule is CCCc1nc(N)cc(NCC(C)C(C)C)n1. The van der Waals surface area contributed by atoms with Crippen molar-refractivity contribution in [2.75, 3.05) is 17.6 Å². The zero-order chi connectivity index (χ0) is 12.8. The molecule has 1 heterocycles. The average molecular weight is 236 g/mol. The van der Waals surface area contributed by atoms with Crippen molar-refractivity contribution < 1.29 is 0 Å². The van der Waals surface area contributed by atoms with Gasteiger partial charge in [0.25, 0.3) is 0 Å². The Morgan fingerprint density at radius 3 is 2.59 bits per heavy atom. The maximum absolute atomic E-state index is 5.76. The highest BCUT2D eigenvalue weighted by Gasteiger charge is 2.08. The second-order valence-corrected chi connectivity index (χ2v) is 4.95. The maximum atomic E-state index is 5.76. The molecule has 1 aromatic heterocycles. The van der Waals surface area contributed by atoms with Crippen molar-refractivity contribution in [3.63, 3.8) is 0 Å². The Bertz CT molecular complexity index is 349. The van der Waals surface area contributed by atoms with E-state index in [-0.39, 0.29) is 0 Å². The van der Waals surface area contributed by atoms with Crippen LogP contribution in [0, 0.1) is 11.8 Å². The van der Waals surface area contributed by atoms with Crippen LogP contribution in [-0.4, -0.2) is 16.5 Å². The van der Waals surface area contributed by atoms with Gasteiger partial charge in [0.15, 0.2) is 0 Å². The van der Waals surface area contributed by atoms with E-state index in [0.717, 1.165) is 31.0 Å². The second kappa shape index (κ2) is 6.42. The first-order chi connectivity index (χ1) is 8.02. The molecule has 0 aliphatic carbocycles. The Morgan fingerprint density at radius 1 is 1.29 bits per heavy atom. The molecule has 17 heavy (non-hydrogen) atoms. The molecule has 0 bridgehead atoms. The summed E-state index contributed by atoms with van der Waals surface area (Å²) in [5.74, 6) is 3.49. The average Bonchev–Trinajstić information content (AvgIpc) is 2.25. The summed E-state index contributed by atoms with van der Waals surface area (Å²) < 4.78 is 0. The van der Waals surface area contributed by atoms with Crippen molar-refractivity contribution in [3.05, 3.63) is 11.9 Å². The summed E-state index contributed by atoms with van der Waals surface area (Å²) in [6.45, 7) is 9.71. The van der Waals surface area contributed by atoms with Crippen molar-refractivity contribution in [1.29, 1.82) is 0 Å². The lowest BCUT2D eigenvalue weighted by molar-refractivity contribution is 0.439. The molecule has 1 unspecified atom stereocenters. The molecule has 1 atom stereocenters. The number of rotatable bonds is 6. The number of aromatic nitrogens is 2. The Hall–Kier alpha value is -1.32. The Kier molecular flexibility index (Phi) is 5.19. The van der Waals surface area contributed by atoms with E-state index in [9.17, 15) is 0 Å². The smallest absolute Gasteiger partial charge is 0.133 e. The minimum atomic E-state index is 0.545. The second-order valence-electron chi connectivity index (χ2n) is 4.95. The van der Waals surface area contributed by atoms with Gasteiger partial charge in [-0.05, 0) is 18.3 Å². The van der Waals surface area contributed by atoms with Crippen molar-refractivity contribution in [3.8, 4) is 0 Å². The zero-order valence-corrected chi connectivity index (χ0v) is 11.3. The van der Waals surface area contributed by atoms with Gasteiger partial charge < -0.3 is 11.1 Å². The van der Waals surface area contributed by atoms with Crippen LogP contribution in [0.2, 0.25) is 0 Å². The predicted octanol–water partition coefficient (Wildman–Crippen LogP) is 2.72. The molecule has 0 saturated heterocycles. The molecule has 3 N–H and O–H groups in total. The third-order valence-electron chi connectivity index (χ3n) is 3.01. The van der Waals surface area contributed by atoms with Crippen molar-refractivity contribution in [1.82, 2.24) is 9.97 Å². The largest absolute Gasteiger partial charge is 0.384 e. The first-order valence-electron chi connectivity index (χ1n) is 6.40. The van der Waals surface area contributed by atoms with Gasteiger partial charge in [-0.2, -0.15) is 0 Å². The maximum Gasteiger partial charge on any atom is 0.133 e. The van der Waals surface area contributed by atoms with E-state index < -0.39 is 0 Å². The molecule has 4 heteroatoms. The van der Waals surface area contributed by atoms with Gasteiger partial charge in [0.2, 0.25) is 0 Å². The highest BCUT2D eigenvalue weighted by atomic mass is 15.0. The Balaban J connectivity index is 2.64. The fraction of sp³-hybridized carbons (Fsp3) is 0.692. The van der Waals surface area contributed by atoms with Crippen LogP contribution in [-0.2, 0) is 6.42 Å². The number of nitrogens with one attached hydrogen (secondary N) is 1. The summed E-state index contributed by atoms with van der Waals surface area (Å²) >= 11 is 0. The number of nitrogens with two attached hydrogens (primary N) is 1. The van der Waals surface area contributed by atoms with Gasteiger partial charge in [-0.1, -0.05) is 27.7 Å². The Morgan fingerprint density at radius 2 is 2.00 bits per heavy atom. The van der Waals surface area contributed by atoms with Gasteiger partial charge >= 0.3 is 0 Å².